The Kier molecular flexibility index (Phi) is 5.41. The lowest BCUT2D eigenvalue weighted by atomic mass is 9.95. The third-order valence-corrected chi connectivity index (χ3v) is 5.87. The van der Waals surface area contributed by atoms with Gasteiger partial charge in [-0.1, -0.05) is 12.8 Å². The molecule has 134 valence electrons. The van der Waals surface area contributed by atoms with Crippen LogP contribution in [-0.4, -0.2) is 57.9 Å². The molecule has 1 aliphatic carbocycles. The van der Waals surface area contributed by atoms with Crippen molar-refractivity contribution in [1.82, 2.24) is 9.80 Å². The van der Waals surface area contributed by atoms with Crippen LogP contribution in [0.5, 0.6) is 0 Å². The van der Waals surface area contributed by atoms with Crippen molar-refractivity contribution in [3.05, 3.63) is 0 Å². The van der Waals surface area contributed by atoms with Crippen LogP contribution < -0.4 is 0 Å². The molecule has 0 spiro atoms. The average molecular weight is 336 g/mol. The molecule has 6 heteroatoms. The summed E-state index contributed by atoms with van der Waals surface area (Å²) >= 11 is 0. The van der Waals surface area contributed by atoms with Gasteiger partial charge in [-0.2, -0.15) is 0 Å². The smallest absolute Gasteiger partial charge is 0.303 e. The predicted octanol–water partition coefficient (Wildman–Crippen LogP) is 2.02. The number of carbonyl (C=O) groups is 3. The molecule has 2 amide bonds. The molecule has 1 N–H and O–H groups in total. The predicted molar refractivity (Wildman–Crippen MR) is 88.3 cm³/mol. The number of carbonyl (C=O) groups excluding carboxylic acids is 2. The summed E-state index contributed by atoms with van der Waals surface area (Å²) in [6.07, 6.45) is 8.35. The quantitative estimate of drug-likeness (QED) is 0.833. The van der Waals surface area contributed by atoms with Crippen molar-refractivity contribution in [3.8, 4) is 0 Å². The summed E-state index contributed by atoms with van der Waals surface area (Å²) < 4.78 is 0. The van der Waals surface area contributed by atoms with Gasteiger partial charge in [0, 0.05) is 38.0 Å². The van der Waals surface area contributed by atoms with Crippen molar-refractivity contribution in [2.24, 2.45) is 5.92 Å². The van der Waals surface area contributed by atoms with E-state index in [0.29, 0.717) is 32.0 Å². The lowest BCUT2D eigenvalue weighted by molar-refractivity contribution is -0.142. The first-order valence-corrected chi connectivity index (χ1v) is 9.38. The van der Waals surface area contributed by atoms with Crippen LogP contribution in [0, 0.1) is 5.92 Å². The van der Waals surface area contributed by atoms with Crippen LogP contribution in [0.4, 0.5) is 0 Å². The summed E-state index contributed by atoms with van der Waals surface area (Å²) in [7, 11) is 0. The highest BCUT2D eigenvalue weighted by atomic mass is 16.4. The minimum Gasteiger partial charge on any atom is -0.481 e. The van der Waals surface area contributed by atoms with E-state index in [1.807, 2.05) is 9.80 Å². The Morgan fingerprint density at radius 1 is 1.08 bits per heavy atom. The maximum Gasteiger partial charge on any atom is 0.303 e. The van der Waals surface area contributed by atoms with Crippen molar-refractivity contribution in [3.63, 3.8) is 0 Å². The molecule has 1 saturated carbocycles. The van der Waals surface area contributed by atoms with E-state index in [1.54, 1.807) is 0 Å². The number of piperidine rings is 1. The minimum atomic E-state index is -0.809. The van der Waals surface area contributed by atoms with Crippen molar-refractivity contribution < 1.29 is 19.5 Å². The van der Waals surface area contributed by atoms with Gasteiger partial charge in [-0.3, -0.25) is 14.4 Å². The molecule has 0 aromatic rings. The number of carboxylic acid groups (broad SMARTS) is 1. The Labute approximate surface area is 143 Å². The zero-order chi connectivity index (χ0) is 17.1. The number of aliphatic carboxylic acids is 1. The fourth-order valence-corrected chi connectivity index (χ4v) is 4.58. The zero-order valence-electron chi connectivity index (χ0n) is 14.3. The first-order chi connectivity index (χ1) is 11.6. The van der Waals surface area contributed by atoms with Gasteiger partial charge >= 0.3 is 5.97 Å². The molecule has 0 aromatic carbocycles. The van der Waals surface area contributed by atoms with E-state index in [9.17, 15) is 14.4 Å². The largest absolute Gasteiger partial charge is 0.481 e. The SMILES string of the molecule is O=C(O)CC[C@H]1CCCCN1C(=O)[C@H]1CC(=O)N(C2CCCC2)C1. The van der Waals surface area contributed by atoms with Crippen LogP contribution in [0.1, 0.15) is 64.2 Å². The monoisotopic (exact) mass is 336 g/mol. The van der Waals surface area contributed by atoms with Gasteiger partial charge < -0.3 is 14.9 Å². The topological polar surface area (TPSA) is 77.9 Å². The number of hydrogen-bond acceptors (Lipinski definition) is 3. The number of nitrogens with zero attached hydrogens (tertiary/aromatic N) is 2. The summed E-state index contributed by atoms with van der Waals surface area (Å²) in [5, 5.41) is 8.92. The van der Waals surface area contributed by atoms with Gasteiger partial charge in [0.2, 0.25) is 11.8 Å². The molecule has 0 bridgehead atoms. The van der Waals surface area contributed by atoms with Crippen LogP contribution in [-0.2, 0) is 14.4 Å². The third kappa shape index (κ3) is 3.73. The highest BCUT2D eigenvalue weighted by Gasteiger charge is 2.41. The van der Waals surface area contributed by atoms with Crippen LogP contribution in [0.15, 0.2) is 0 Å². The number of hydrogen-bond donors (Lipinski definition) is 1. The summed E-state index contributed by atoms with van der Waals surface area (Å²) in [4.78, 5) is 40.0. The molecule has 3 aliphatic rings. The van der Waals surface area contributed by atoms with E-state index in [1.165, 1.54) is 12.8 Å². The molecule has 3 rings (SSSR count). The Balaban J connectivity index is 1.61. The number of carboxylic acids is 1. The molecule has 0 unspecified atom stereocenters. The lowest BCUT2D eigenvalue weighted by Gasteiger charge is -2.37. The molecule has 24 heavy (non-hydrogen) atoms. The Morgan fingerprint density at radius 3 is 2.50 bits per heavy atom. The first kappa shape index (κ1) is 17.2. The molecular formula is C18H28N2O4. The maximum atomic E-state index is 13.0. The van der Waals surface area contributed by atoms with Crippen molar-refractivity contribution in [2.75, 3.05) is 13.1 Å². The minimum absolute atomic E-state index is 0.0259. The normalized spacial score (nSPS) is 28.6. The fraction of sp³-hybridized carbons (Fsp3) is 0.833. The Morgan fingerprint density at radius 2 is 1.79 bits per heavy atom. The Hall–Kier alpha value is -1.59. The molecular weight excluding hydrogens is 308 g/mol. The van der Waals surface area contributed by atoms with Crippen molar-refractivity contribution in [1.29, 1.82) is 0 Å². The van der Waals surface area contributed by atoms with E-state index < -0.39 is 5.97 Å². The average Bonchev–Trinajstić information content (AvgIpc) is 3.21. The standard InChI is InChI=1S/C18H28N2O4/c21-16-11-13(12-20(16)14-5-1-2-6-14)18(24)19-10-4-3-7-15(19)8-9-17(22)23/h13-15H,1-12H2,(H,22,23)/t13-,15+/m0/s1. The second-order valence-electron chi connectivity index (χ2n) is 7.50. The molecule has 3 fully saturated rings. The molecule has 6 nitrogen and oxygen atoms in total. The Bertz CT molecular complexity index is 501. The summed E-state index contributed by atoms with van der Waals surface area (Å²) in [6, 6.07) is 0.359. The second kappa shape index (κ2) is 7.53. The second-order valence-corrected chi connectivity index (χ2v) is 7.50. The van der Waals surface area contributed by atoms with Gasteiger partial charge in [0.25, 0.3) is 0 Å². The first-order valence-electron chi connectivity index (χ1n) is 9.38. The molecule has 2 saturated heterocycles. The summed E-state index contributed by atoms with van der Waals surface area (Å²) in [6.45, 7) is 1.27. The zero-order valence-corrected chi connectivity index (χ0v) is 14.3. The summed E-state index contributed by atoms with van der Waals surface area (Å²) in [5.74, 6) is -0.849. The highest BCUT2D eigenvalue weighted by molar-refractivity contribution is 5.89. The fourth-order valence-electron chi connectivity index (χ4n) is 4.58. The molecule has 2 aliphatic heterocycles. The highest BCUT2D eigenvalue weighted by Crippen LogP contribution is 2.31. The number of likely N-dealkylation sites (tertiary alicyclic amines) is 2. The van der Waals surface area contributed by atoms with Gasteiger partial charge in [-0.15, -0.1) is 0 Å². The van der Waals surface area contributed by atoms with Gasteiger partial charge in [-0.05, 0) is 38.5 Å². The van der Waals surface area contributed by atoms with E-state index in [-0.39, 0.29) is 30.2 Å². The van der Waals surface area contributed by atoms with E-state index in [4.69, 9.17) is 5.11 Å². The van der Waals surface area contributed by atoms with Crippen molar-refractivity contribution in [2.45, 2.75) is 76.3 Å². The number of amides is 2. The van der Waals surface area contributed by atoms with E-state index in [2.05, 4.69) is 0 Å². The van der Waals surface area contributed by atoms with E-state index in [0.717, 1.165) is 32.1 Å². The molecule has 0 radical (unpaired) electrons. The molecule has 2 heterocycles. The van der Waals surface area contributed by atoms with Gasteiger partial charge in [0.05, 0.1) is 5.92 Å². The molecule has 0 aromatic heterocycles. The van der Waals surface area contributed by atoms with Crippen molar-refractivity contribution >= 4 is 17.8 Å². The van der Waals surface area contributed by atoms with Crippen LogP contribution in [0.2, 0.25) is 0 Å². The van der Waals surface area contributed by atoms with E-state index >= 15 is 0 Å². The number of rotatable bonds is 5. The third-order valence-electron chi connectivity index (χ3n) is 5.87. The van der Waals surface area contributed by atoms with Gasteiger partial charge in [-0.25, -0.2) is 0 Å². The molecule has 2 atom stereocenters. The van der Waals surface area contributed by atoms with Crippen LogP contribution in [0.25, 0.3) is 0 Å². The van der Waals surface area contributed by atoms with Gasteiger partial charge in [0.1, 0.15) is 0 Å². The lowest BCUT2D eigenvalue weighted by Crippen LogP contribution is -2.47. The van der Waals surface area contributed by atoms with Crippen LogP contribution in [0.3, 0.4) is 0 Å². The summed E-state index contributed by atoms with van der Waals surface area (Å²) in [5.41, 5.74) is 0. The maximum absolute atomic E-state index is 13.0. The van der Waals surface area contributed by atoms with Crippen LogP contribution >= 0.6 is 0 Å². The van der Waals surface area contributed by atoms with Gasteiger partial charge in [0.15, 0.2) is 0 Å².